The molecule has 0 radical (unpaired) electrons. The molecule has 2 N–H and O–H groups in total. The Balaban J connectivity index is 1.96. The van der Waals surface area contributed by atoms with Gasteiger partial charge in [0.2, 0.25) is 5.91 Å². The third-order valence-corrected chi connectivity index (χ3v) is 4.08. The highest BCUT2D eigenvalue weighted by atomic mass is 32.2. The molecule has 7 nitrogen and oxygen atoms in total. The van der Waals surface area contributed by atoms with E-state index >= 15 is 0 Å². The molecule has 0 bridgehead atoms. The minimum Gasteiger partial charge on any atom is -0.339 e. The Hall–Kier alpha value is -1.57. The summed E-state index contributed by atoms with van der Waals surface area (Å²) in [6.45, 7) is 2.81. The third kappa shape index (κ3) is 3.46. The number of aromatic nitrogens is 3. The predicted molar refractivity (Wildman–Crippen MR) is 71.2 cm³/mol. The zero-order chi connectivity index (χ0) is 13.8. The molecule has 104 valence electrons. The van der Waals surface area contributed by atoms with Crippen LogP contribution in [0, 0.1) is 0 Å². The van der Waals surface area contributed by atoms with E-state index in [2.05, 4.69) is 15.2 Å². The van der Waals surface area contributed by atoms with Crippen molar-refractivity contribution >= 4 is 17.7 Å². The second-order valence-electron chi connectivity index (χ2n) is 4.53. The van der Waals surface area contributed by atoms with Gasteiger partial charge < -0.3 is 4.90 Å². The van der Waals surface area contributed by atoms with Gasteiger partial charge in [-0.3, -0.25) is 14.6 Å². The molecule has 1 unspecified atom stereocenters. The molecular formula is C11H16N4O3S. The fourth-order valence-electron chi connectivity index (χ4n) is 2.12. The highest BCUT2D eigenvalue weighted by Crippen LogP contribution is 2.18. The molecule has 1 aliphatic heterocycles. The Morgan fingerprint density at radius 1 is 1.47 bits per heavy atom. The molecule has 2 heterocycles. The summed E-state index contributed by atoms with van der Waals surface area (Å²) in [5, 5.41) is 5.88. The Morgan fingerprint density at radius 2 is 2.26 bits per heavy atom. The molecule has 1 fully saturated rings. The van der Waals surface area contributed by atoms with Crippen molar-refractivity contribution < 1.29 is 4.79 Å². The Labute approximate surface area is 113 Å². The van der Waals surface area contributed by atoms with Crippen molar-refractivity contribution in [1.82, 2.24) is 20.1 Å². The predicted octanol–water partition coefficient (Wildman–Crippen LogP) is -0.0487. The van der Waals surface area contributed by atoms with Crippen LogP contribution in [0.25, 0.3) is 0 Å². The summed E-state index contributed by atoms with van der Waals surface area (Å²) in [5.74, 6) is 0.163. The first-order valence-corrected chi connectivity index (χ1v) is 7.18. The maximum absolute atomic E-state index is 12.1. The van der Waals surface area contributed by atoms with Crippen molar-refractivity contribution in [2.75, 3.05) is 12.3 Å². The zero-order valence-electron chi connectivity index (χ0n) is 10.6. The van der Waals surface area contributed by atoms with E-state index in [1.54, 1.807) is 0 Å². The summed E-state index contributed by atoms with van der Waals surface area (Å²) >= 11 is 1.04. The number of hydrogen-bond acceptors (Lipinski definition) is 5. The molecule has 0 aromatic carbocycles. The monoisotopic (exact) mass is 284 g/mol. The van der Waals surface area contributed by atoms with Crippen LogP contribution < -0.4 is 11.2 Å². The Bertz CT molecular complexity index is 568. The first kappa shape index (κ1) is 13.9. The lowest BCUT2D eigenvalue weighted by Gasteiger charge is -2.33. The number of H-pyrrole nitrogens is 2. The van der Waals surface area contributed by atoms with E-state index in [4.69, 9.17) is 0 Å². The second kappa shape index (κ2) is 6.05. The molecule has 0 spiro atoms. The number of carbonyl (C=O) groups is 1. The van der Waals surface area contributed by atoms with Crippen molar-refractivity contribution in [2.24, 2.45) is 0 Å². The average Bonchev–Trinajstić information content (AvgIpc) is 2.38. The first-order valence-electron chi connectivity index (χ1n) is 6.19. The lowest BCUT2D eigenvalue weighted by molar-refractivity contribution is -0.131. The standard InChI is InChI=1S/C11H16N4O3S/c1-7-4-2-3-5-15(7)8(16)6-19-10-9(17)12-11(18)14-13-10/h7H,2-6H2,1H3,(H2,12,14,17,18). The van der Waals surface area contributed by atoms with Crippen LogP contribution in [0.15, 0.2) is 14.6 Å². The van der Waals surface area contributed by atoms with Crippen LogP contribution in [0.2, 0.25) is 0 Å². The van der Waals surface area contributed by atoms with Gasteiger partial charge in [-0.25, -0.2) is 9.89 Å². The Morgan fingerprint density at radius 3 is 2.95 bits per heavy atom. The van der Waals surface area contributed by atoms with E-state index in [-0.39, 0.29) is 22.7 Å². The van der Waals surface area contributed by atoms with Gasteiger partial charge in [0.05, 0.1) is 5.75 Å². The van der Waals surface area contributed by atoms with Crippen molar-refractivity contribution in [3.63, 3.8) is 0 Å². The summed E-state index contributed by atoms with van der Waals surface area (Å²) in [5.41, 5.74) is -1.21. The van der Waals surface area contributed by atoms with Crippen LogP contribution in [0.3, 0.4) is 0 Å². The smallest absolute Gasteiger partial charge is 0.339 e. The zero-order valence-corrected chi connectivity index (χ0v) is 11.5. The van der Waals surface area contributed by atoms with Gasteiger partial charge in [0.1, 0.15) is 0 Å². The van der Waals surface area contributed by atoms with Gasteiger partial charge in [0, 0.05) is 12.6 Å². The maximum Gasteiger partial charge on any atom is 0.342 e. The molecule has 0 saturated carbocycles. The van der Waals surface area contributed by atoms with Crippen molar-refractivity contribution in [1.29, 1.82) is 0 Å². The van der Waals surface area contributed by atoms with E-state index in [0.717, 1.165) is 37.6 Å². The fraction of sp³-hybridized carbons (Fsp3) is 0.636. The van der Waals surface area contributed by atoms with E-state index in [0.29, 0.717) is 0 Å². The average molecular weight is 284 g/mol. The minimum absolute atomic E-state index is 0.00426. The third-order valence-electron chi connectivity index (χ3n) is 3.14. The summed E-state index contributed by atoms with van der Waals surface area (Å²) in [6.07, 6.45) is 3.20. The molecule has 1 aromatic heterocycles. The largest absolute Gasteiger partial charge is 0.342 e. The van der Waals surface area contributed by atoms with Crippen LogP contribution >= 0.6 is 11.8 Å². The van der Waals surface area contributed by atoms with Crippen LogP contribution in [0.1, 0.15) is 26.2 Å². The lowest BCUT2D eigenvalue weighted by Crippen LogP contribution is -2.43. The van der Waals surface area contributed by atoms with E-state index < -0.39 is 11.2 Å². The Kier molecular flexibility index (Phi) is 4.41. The lowest BCUT2D eigenvalue weighted by atomic mass is 10.0. The number of piperidine rings is 1. The summed E-state index contributed by atoms with van der Waals surface area (Å²) in [4.78, 5) is 38.2. The molecular weight excluding hydrogens is 268 g/mol. The highest BCUT2D eigenvalue weighted by Gasteiger charge is 2.23. The molecule has 2 rings (SSSR count). The molecule has 1 aromatic rings. The number of hydrogen-bond donors (Lipinski definition) is 2. The van der Waals surface area contributed by atoms with Gasteiger partial charge in [-0.2, -0.15) is 5.10 Å². The molecule has 1 saturated heterocycles. The fourth-order valence-corrected chi connectivity index (χ4v) is 2.83. The van der Waals surface area contributed by atoms with Crippen molar-refractivity contribution in [3.8, 4) is 0 Å². The number of carbonyl (C=O) groups excluding carboxylic acids is 1. The number of likely N-dealkylation sites (tertiary alicyclic amines) is 1. The number of nitrogens with one attached hydrogen (secondary N) is 2. The summed E-state index contributed by atoms with van der Waals surface area (Å²) in [6, 6.07) is 0.253. The van der Waals surface area contributed by atoms with Crippen LogP contribution in [0.5, 0.6) is 0 Å². The van der Waals surface area contributed by atoms with Gasteiger partial charge >= 0.3 is 5.69 Å². The number of thioether (sulfide) groups is 1. The van der Waals surface area contributed by atoms with Gasteiger partial charge in [0.25, 0.3) is 5.56 Å². The summed E-state index contributed by atoms with van der Waals surface area (Å²) < 4.78 is 0. The van der Waals surface area contributed by atoms with Crippen molar-refractivity contribution in [2.45, 2.75) is 37.3 Å². The highest BCUT2D eigenvalue weighted by molar-refractivity contribution is 7.99. The summed E-state index contributed by atoms with van der Waals surface area (Å²) in [7, 11) is 0. The topological polar surface area (TPSA) is 98.9 Å². The maximum atomic E-state index is 12.1. The number of aromatic amines is 2. The van der Waals surface area contributed by atoms with Crippen LogP contribution in [0.4, 0.5) is 0 Å². The van der Waals surface area contributed by atoms with Crippen molar-refractivity contribution in [3.05, 3.63) is 20.8 Å². The second-order valence-corrected chi connectivity index (χ2v) is 5.50. The molecule has 1 atom stereocenters. The van der Waals surface area contributed by atoms with Gasteiger partial charge in [-0.15, -0.1) is 0 Å². The SMILES string of the molecule is CC1CCCCN1C(=O)CSc1n[nH]c(=O)[nH]c1=O. The van der Waals surface area contributed by atoms with Gasteiger partial charge in [-0.1, -0.05) is 11.8 Å². The number of rotatable bonds is 3. The number of nitrogens with zero attached hydrogens (tertiary/aromatic N) is 2. The van der Waals surface area contributed by atoms with Crippen LogP contribution in [-0.2, 0) is 4.79 Å². The van der Waals surface area contributed by atoms with Gasteiger partial charge in [0.15, 0.2) is 5.03 Å². The molecule has 0 aliphatic carbocycles. The molecule has 1 aliphatic rings. The van der Waals surface area contributed by atoms with Crippen LogP contribution in [-0.4, -0.2) is 44.3 Å². The quantitative estimate of drug-likeness (QED) is 0.758. The van der Waals surface area contributed by atoms with E-state index in [1.807, 2.05) is 11.8 Å². The molecule has 19 heavy (non-hydrogen) atoms. The minimum atomic E-state index is -0.648. The van der Waals surface area contributed by atoms with E-state index in [1.165, 1.54) is 0 Å². The first-order chi connectivity index (χ1) is 9.08. The van der Waals surface area contributed by atoms with Gasteiger partial charge in [-0.05, 0) is 26.2 Å². The number of amides is 1. The van der Waals surface area contributed by atoms with E-state index in [9.17, 15) is 14.4 Å². The molecule has 8 heteroatoms. The molecule has 1 amide bonds. The normalized spacial score (nSPS) is 19.4.